The molecule has 0 aliphatic heterocycles. The Balaban J connectivity index is 2.08. The molecule has 170 valence electrons. The van der Waals surface area contributed by atoms with Crippen molar-refractivity contribution in [1.29, 1.82) is 0 Å². The normalized spacial score (nSPS) is 11.1. The van der Waals surface area contributed by atoms with Crippen LogP contribution in [0.5, 0.6) is 0 Å². The third-order valence-electron chi connectivity index (χ3n) is 5.30. The van der Waals surface area contributed by atoms with E-state index >= 15 is 0 Å². The van der Waals surface area contributed by atoms with Crippen molar-refractivity contribution in [1.82, 2.24) is 19.1 Å². The number of hydrogen-bond acceptors (Lipinski definition) is 6. The average Bonchev–Trinajstić information content (AvgIpc) is 2.77. The Kier molecular flexibility index (Phi) is 7.24. The van der Waals surface area contributed by atoms with E-state index in [0.29, 0.717) is 30.4 Å². The number of carbonyl (C=O) groups is 1. The average molecular weight is 441 g/mol. The van der Waals surface area contributed by atoms with E-state index in [-0.39, 0.29) is 24.6 Å². The van der Waals surface area contributed by atoms with Gasteiger partial charge in [0, 0.05) is 13.1 Å². The molecule has 10 nitrogen and oxygen atoms in total. The number of fused-ring (bicyclic) bond motifs is 1. The summed E-state index contributed by atoms with van der Waals surface area (Å²) in [5.41, 5.74) is 5.48. The number of rotatable bonds is 9. The summed E-state index contributed by atoms with van der Waals surface area (Å²) in [6.07, 6.45) is 4.08. The van der Waals surface area contributed by atoms with Crippen molar-refractivity contribution >= 4 is 28.4 Å². The third-order valence-corrected chi connectivity index (χ3v) is 5.30. The second-order valence-electron chi connectivity index (χ2n) is 7.57. The fourth-order valence-corrected chi connectivity index (χ4v) is 3.55. The molecule has 3 N–H and O–H groups in total. The lowest BCUT2D eigenvalue weighted by Crippen LogP contribution is -2.43. The first-order valence-electron chi connectivity index (χ1n) is 10.8. The maximum Gasteiger partial charge on any atom is 0.330 e. The van der Waals surface area contributed by atoms with Crippen molar-refractivity contribution in [3.63, 3.8) is 0 Å². The molecule has 0 saturated carbocycles. The van der Waals surface area contributed by atoms with Crippen LogP contribution in [0.1, 0.15) is 39.5 Å². The summed E-state index contributed by atoms with van der Waals surface area (Å²) >= 11 is 0. The Morgan fingerprint density at radius 1 is 1.09 bits per heavy atom. The number of aromatic nitrogens is 4. The van der Waals surface area contributed by atoms with Crippen LogP contribution in [0.3, 0.4) is 0 Å². The number of amides is 1. The summed E-state index contributed by atoms with van der Waals surface area (Å²) in [4.78, 5) is 58.5. The molecule has 0 unspecified atom stereocenters. The van der Waals surface area contributed by atoms with Gasteiger partial charge in [0.2, 0.25) is 5.91 Å². The lowest BCUT2D eigenvalue weighted by Gasteiger charge is -2.25. The van der Waals surface area contributed by atoms with Crippen LogP contribution in [0.4, 0.5) is 11.5 Å². The number of para-hydroxylation sites is 2. The molecule has 10 heteroatoms. The molecule has 0 aliphatic rings. The van der Waals surface area contributed by atoms with Gasteiger partial charge in [-0.1, -0.05) is 38.8 Å². The molecular weight excluding hydrogens is 412 g/mol. The number of benzene rings is 1. The van der Waals surface area contributed by atoms with Gasteiger partial charge in [-0.3, -0.25) is 28.5 Å². The standard InChI is InChI=1S/C22H28N6O4/c1-3-5-11-26(19-20(23)27(12-6-4-2)22(32)25-21(19)31)18(30)14-28-16-10-8-7-9-15(16)24-13-17(28)29/h7-10,13H,3-6,11-12,14,23H2,1-2H3,(H,25,31,32). The van der Waals surface area contributed by atoms with Gasteiger partial charge in [0.1, 0.15) is 12.4 Å². The Labute approximate surface area is 184 Å². The van der Waals surface area contributed by atoms with Crippen LogP contribution in [-0.2, 0) is 17.9 Å². The molecule has 0 bridgehead atoms. The molecule has 2 aromatic heterocycles. The SMILES string of the molecule is CCCCN(C(=O)Cn1c(=O)cnc2ccccc21)c1c(N)n(CCCC)c(=O)[nH]c1=O. The number of carbonyl (C=O) groups excluding carboxylic acids is 1. The van der Waals surface area contributed by atoms with Crippen molar-refractivity contribution in [2.24, 2.45) is 0 Å². The Morgan fingerprint density at radius 2 is 1.81 bits per heavy atom. The number of nitrogens with one attached hydrogen (secondary N) is 1. The van der Waals surface area contributed by atoms with E-state index in [1.165, 1.54) is 14.0 Å². The number of nitrogens with zero attached hydrogens (tertiary/aromatic N) is 4. The zero-order valence-corrected chi connectivity index (χ0v) is 18.3. The highest BCUT2D eigenvalue weighted by Crippen LogP contribution is 2.19. The highest BCUT2D eigenvalue weighted by molar-refractivity contribution is 5.96. The second-order valence-corrected chi connectivity index (χ2v) is 7.57. The first kappa shape index (κ1) is 23.0. The number of unbranched alkanes of at least 4 members (excludes halogenated alkanes) is 2. The van der Waals surface area contributed by atoms with E-state index in [1.54, 1.807) is 24.3 Å². The first-order valence-corrected chi connectivity index (χ1v) is 10.8. The van der Waals surface area contributed by atoms with E-state index in [9.17, 15) is 19.2 Å². The van der Waals surface area contributed by atoms with Crippen molar-refractivity contribution in [3.8, 4) is 0 Å². The van der Waals surface area contributed by atoms with Crippen LogP contribution < -0.4 is 27.4 Å². The maximum absolute atomic E-state index is 13.4. The Hall–Kier alpha value is -3.69. The number of H-pyrrole nitrogens is 1. The molecule has 32 heavy (non-hydrogen) atoms. The topological polar surface area (TPSA) is 136 Å². The quantitative estimate of drug-likeness (QED) is 0.517. The molecule has 3 rings (SSSR count). The van der Waals surface area contributed by atoms with Crippen molar-refractivity contribution in [2.45, 2.75) is 52.6 Å². The van der Waals surface area contributed by atoms with Crippen LogP contribution in [0, 0.1) is 0 Å². The molecule has 3 aromatic rings. The molecule has 0 aliphatic carbocycles. The van der Waals surface area contributed by atoms with Crippen LogP contribution in [0.15, 0.2) is 44.8 Å². The lowest BCUT2D eigenvalue weighted by molar-refractivity contribution is -0.119. The molecule has 1 amide bonds. The lowest BCUT2D eigenvalue weighted by atomic mass is 10.2. The van der Waals surface area contributed by atoms with Gasteiger partial charge in [-0.15, -0.1) is 0 Å². The highest BCUT2D eigenvalue weighted by atomic mass is 16.2. The predicted octanol–water partition coefficient (Wildman–Crippen LogP) is 1.46. The number of hydrogen-bond donors (Lipinski definition) is 2. The molecular formula is C22H28N6O4. The minimum absolute atomic E-state index is 0.0522. The van der Waals surface area contributed by atoms with E-state index < -0.39 is 22.7 Å². The highest BCUT2D eigenvalue weighted by Gasteiger charge is 2.24. The van der Waals surface area contributed by atoms with E-state index in [0.717, 1.165) is 19.0 Å². The van der Waals surface area contributed by atoms with Gasteiger partial charge < -0.3 is 10.6 Å². The van der Waals surface area contributed by atoms with Gasteiger partial charge in [-0.25, -0.2) is 9.78 Å². The number of anilines is 2. The summed E-state index contributed by atoms with van der Waals surface area (Å²) in [6, 6.07) is 7.00. The smallest absolute Gasteiger partial charge is 0.330 e. The van der Waals surface area contributed by atoms with Gasteiger partial charge in [0.15, 0.2) is 5.69 Å². The molecule has 2 heterocycles. The Bertz CT molecular complexity index is 1290. The van der Waals surface area contributed by atoms with Crippen molar-refractivity contribution in [2.75, 3.05) is 17.2 Å². The first-order chi connectivity index (χ1) is 15.4. The predicted molar refractivity (Wildman–Crippen MR) is 124 cm³/mol. The van der Waals surface area contributed by atoms with Gasteiger partial charge in [0.05, 0.1) is 17.2 Å². The van der Waals surface area contributed by atoms with Gasteiger partial charge in [0.25, 0.3) is 11.1 Å². The summed E-state index contributed by atoms with van der Waals surface area (Å²) in [5, 5.41) is 0. The summed E-state index contributed by atoms with van der Waals surface area (Å²) in [7, 11) is 0. The maximum atomic E-state index is 13.4. The minimum Gasteiger partial charge on any atom is -0.383 e. The zero-order chi connectivity index (χ0) is 23.3. The van der Waals surface area contributed by atoms with Gasteiger partial charge in [-0.2, -0.15) is 0 Å². The van der Waals surface area contributed by atoms with Crippen molar-refractivity contribution < 1.29 is 4.79 Å². The van der Waals surface area contributed by atoms with Crippen molar-refractivity contribution in [3.05, 3.63) is 61.7 Å². The van der Waals surface area contributed by atoms with Crippen LogP contribution in [0.25, 0.3) is 11.0 Å². The van der Waals surface area contributed by atoms with Gasteiger partial charge in [-0.05, 0) is 25.0 Å². The fraction of sp³-hybridized carbons (Fsp3) is 0.409. The zero-order valence-electron chi connectivity index (χ0n) is 18.3. The summed E-state index contributed by atoms with van der Waals surface area (Å²) < 4.78 is 2.60. The van der Waals surface area contributed by atoms with Gasteiger partial charge >= 0.3 is 5.69 Å². The van der Waals surface area contributed by atoms with E-state index in [4.69, 9.17) is 5.73 Å². The Morgan fingerprint density at radius 3 is 2.53 bits per heavy atom. The molecule has 0 spiro atoms. The van der Waals surface area contributed by atoms with Crippen LogP contribution in [-0.4, -0.2) is 31.6 Å². The number of aromatic amines is 1. The molecule has 0 fully saturated rings. The number of nitrogen functional groups attached to an aromatic ring is 1. The fourth-order valence-electron chi connectivity index (χ4n) is 3.55. The molecule has 0 saturated heterocycles. The number of nitrogens with two attached hydrogens (primary N) is 1. The monoisotopic (exact) mass is 440 g/mol. The second kappa shape index (κ2) is 10.1. The molecule has 1 aromatic carbocycles. The van der Waals surface area contributed by atoms with E-state index in [2.05, 4.69) is 9.97 Å². The summed E-state index contributed by atoms with van der Waals surface area (Å²) in [5.74, 6) is -0.529. The summed E-state index contributed by atoms with van der Waals surface area (Å²) in [6.45, 7) is 4.20. The van der Waals surface area contributed by atoms with Crippen LogP contribution in [0.2, 0.25) is 0 Å². The largest absolute Gasteiger partial charge is 0.383 e. The molecule has 0 atom stereocenters. The van der Waals surface area contributed by atoms with Crippen LogP contribution >= 0.6 is 0 Å². The third kappa shape index (κ3) is 4.63. The minimum atomic E-state index is -0.725. The molecule has 0 radical (unpaired) electrons. The van der Waals surface area contributed by atoms with E-state index in [1.807, 2.05) is 13.8 Å².